The molecule has 2 aromatic heterocycles. The monoisotopic (exact) mass is 222 g/mol. The molecule has 0 atom stereocenters. The van der Waals surface area contributed by atoms with E-state index in [0.717, 1.165) is 17.1 Å². The number of rotatable bonds is 2. The molecule has 1 aromatic carbocycles. The van der Waals surface area contributed by atoms with Crippen molar-refractivity contribution in [2.45, 2.75) is 0 Å². The maximum atomic E-state index is 4.46. The Labute approximate surface area is 98.6 Å². The zero-order chi connectivity index (χ0) is 11.5. The van der Waals surface area contributed by atoms with E-state index in [4.69, 9.17) is 0 Å². The van der Waals surface area contributed by atoms with Crippen LogP contribution in [0.15, 0.2) is 60.9 Å². The molecule has 2 heterocycles. The van der Waals surface area contributed by atoms with Crippen LogP contribution >= 0.6 is 0 Å². The van der Waals surface area contributed by atoms with Crippen molar-refractivity contribution >= 4 is 0 Å². The average Bonchev–Trinajstić information content (AvgIpc) is 2.90. The predicted octanol–water partition coefficient (Wildman–Crippen LogP) is 2.33. The smallest absolute Gasteiger partial charge is 0.175 e. The number of hydrogen-bond donors (Lipinski definition) is 0. The Morgan fingerprint density at radius 2 is 1.76 bits per heavy atom. The number of benzene rings is 1. The van der Waals surface area contributed by atoms with E-state index in [1.54, 1.807) is 10.9 Å². The number of nitrogens with zero attached hydrogens (tertiary/aromatic N) is 4. The Morgan fingerprint density at radius 3 is 2.53 bits per heavy atom. The molecular formula is C13H10N4. The highest BCUT2D eigenvalue weighted by molar-refractivity contribution is 5.58. The van der Waals surface area contributed by atoms with Gasteiger partial charge in [0.1, 0.15) is 0 Å². The van der Waals surface area contributed by atoms with Gasteiger partial charge in [0, 0.05) is 18.0 Å². The van der Waals surface area contributed by atoms with Crippen LogP contribution in [0.1, 0.15) is 0 Å². The Bertz CT molecular complexity index is 548. The molecule has 4 heteroatoms. The normalized spacial score (nSPS) is 10.4. The fourth-order valence-electron chi connectivity index (χ4n) is 1.63. The van der Waals surface area contributed by atoms with Crippen LogP contribution < -0.4 is 0 Å². The van der Waals surface area contributed by atoms with Crippen LogP contribution in [0.2, 0.25) is 0 Å². The minimum Gasteiger partial charge on any atom is -0.220 e. The highest BCUT2D eigenvalue weighted by Crippen LogP contribution is 2.16. The lowest BCUT2D eigenvalue weighted by atomic mass is 10.2. The van der Waals surface area contributed by atoms with Crippen molar-refractivity contribution in [1.29, 1.82) is 0 Å². The minimum absolute atomic E-state index is 0.717. The summed E-state index contributed by atoms with van der Waals surface area (Å²) in [5, 5.41) is 12.3. The third-order valence-corrected chi connectivity index (χ3v) is 2.45. The van der Waals surface area contributed by atoms with Gasteiger partial charge in [-0.15, -0.1) is 5.10 Å². The number of hydrogen-bond acceptors (Lipinski definition) is 3. The molecule has 0 spiro atoms. The summed E-state index contributed by atoms with van der Waals surface area (Å²) in [4.78, 5) is 0. The zero-order valence-corrected chi connectivity index (χ0v) is 9.06. The lowest BCUT2D eigenvalue weighted by Crippen LogP contribution is -1.98. The second-order valence-corrected chi connectivity index (χ2v) is 3.59. The molecule has 3 aromatic rings. The second kappa shape index (κ2) is 4.17. The Hall–Kier alpha value is -2.49. The fraction of sp³-hybridized carbons (Fsp3) is 0. The van der Waals surface area contributed by atoms with Gasteiger partial charge >= 0.3 is 0 Å². The zero-order valence-electron chi connectivity index (χ0n) is 9.06. The SMILES string of the molecule is c1ccc(-c2ccn(-c3cccnn3)n2)cc1. The van der Waals surface area contributed by atoms with Crippen molar-refractivity contribution in [2.24, 2.45) is 0 Å². The van der Waals surface area contributed by atoms with Crippen LogP contribution in [0.3, 0.4) is 0 Å². The molecule has 0 saturated heterocycles. The van der Waals surface area contributed by atoms with Crippen molar-refractivity contribution in [3.8, 4) is 17.1 Å². The van der Waals surface area contributed by atoms with E-state index < -0.39 is 0 Å². The molecule has 4 nitrogen and oxygen atoms in total. The van der Waals surface area contributed by atoms with Crippen molar-refractivity contribution in [3.05, 3.63) is 60.9 Å². The lowest BCUT2D eigenvalue weighted by molar-refractivity contribution is 0.817. The van der Waals surface area contributed by atoms with Crippen LogP contribution in [0.4, 0.5) is 0 Å². The van der Waals surface area contributed by atoms with Gasteiger partial charge in [-0.3, -0.25) is 0 Å². The second-order valence-electron chi connectivity index (χ2n) is 3.59. The molecule has 0 fully saturated rings. The molecule has 0 saturated carbocycles. The maximum Gasteiger partial charge on any atom is 0.175 e. The van der Waals surface area contributed by atoms with Crippen molar-refractivity contribution in [1.82, 2.24) is 20.0 Å². The van der Waals surface area contributed by atoms with Crippen LogP contribution in [-0.2, 0) is 0 Å². The highest BCUT2D eigenvalue weighted by atomic mass is 15.3. The van der Waals surface area contributed by atoms with Crippen molar-refractivity contribution < 1.29 is 0 Å². The van der Waals surface area contributed by atoms with Gasteiger partial charge in [-0.25, -0.2) is 4.68 Å². The summed E-state index contributed by atoms with van der Waals surface area (Å²) in [6.45, 7) is 0. The van der Waals surface area contributed by atoms with Gasteiger partial charge in [0.25, 0.3) is 0 Å². The third kappa shape index (κ3) is 1.92. The summed E-state index contributed by atoms with van der Waals surface area (Å²) < 4.78 is 1.72. The molecule has 3 rings (SSSR count). The molecule has 0 unspecified atom stereocenters. The van der Waals surface area contributed by atoms with Gasteiger partial charge in [0.05, 0.1) is 5.69 Å². The standard InChI is InChI=1S/C13H10N4/c1-2-5-11(6-3-1)12-8-10-17(16-12)13-7-4-9-14-15-13/h1-10H. The Balaban J connectivity index is 1.99. The maximum absolute atomic E-state index is 4.46. The van der Waals surface area contributed by atoms with E-state index >= 15 is 0 Å². The molecule has 0 radical (unpaired) electrons. The summed E-state index contributed by atoms with van der Waals surface area (Å²) in [6.07, 6.45) is 3.53. The van der Waals surface area contributed by atoms with E-state index in [2.05, 4.69) is 15.3 Å². The topological polar surface area (TPSA) is 43.6 Å². The fourth-order valence-corrected chi connectivity index (χ4v) is 1.63. The first kappa shape index (κ1) is 9.72. The number of aromatic nitrogens is 4. The van der Waals surface area contributed by atoms with Gasteiger partial charge in [-0.1, -0.05) is 30.3 Å². The molecule has 0 bridgehead atoms. The van der Waals surface area contributed by atoms with Crippen LogP contribution in [0, 0.1) is 0 Å². The summed E-state index contributed by atoms with van der Waals surface area (Å²) in [6, 6.07) is 15.7. The van der Waals surface area contributed by atoms with Crippen molar-refractivity contribution in [2.75, 3.05) is 0 Å². The molecule has 17 heavy (non-hydrogen) atoms. The highest BCUT2D eigenvalue weighted by Gasteiger charge is 2.03. The third-order valence-electron chi connectivity index (χ3n) is 2.45. The van der Waals surface area contributed by atoms with Crippen LogP contribution in [0.5, 0.6) is 0 Å². The van der Waals surface area contributed by atoms with E-state index in [-0.39, 0.29) is 0 Å². The Morgan fingerprint density at radius 1 is 0.882 bits per heavy atom. The predicted molar refractivity (Wildman–Crippen MR) is 64.6 cm³/mol. The molecule has 82 valence electrons. The van der Waals surface area contributed by atoms with Crippen LogP contribution in [-0.4, -0.2) is 20.0 Å². The van der Waals surface area contributed by atoms with Crippen LogP contribution in [0.25, 0.3) is 17.1 Å². The van der Waals surface area contributed by atoms with Gasteiger partial charge < -0.3 is 0 Å². The minimum atomic E-state index is 0.717. The molecule has 0 aliphatic carbocycles. The first-order valence-corrected chi connectivity index (χ1v) is 5.33. The van der Waals surface area contributed by atoms with Gasteiger partial charge in [0.2, 0.25) is 0 Å². The lowest BCUT2D eigenvalue weighted by Gasteiger charge is -1.98. The largest absolute Gasteiger partial charge is 0.220 e. The molecule has 0 aliphatic heterocycles. The van der Waals surface area contributed by atoms with Gasteiger partial charge in [-0.05, 0) is 18.2 Å². The van der Waals surface area contributed by atoms with E-state index in [9.17, 15) is 0 Å². The molecule has 0 N–H and O–H groups in total. The van der Waals surface area contributed by atoms with Gasteiger partial charge in [-0.2, -0.15) is 10.2 Å². The first-order chi connectivity index (χ1) is 8.43. The molecule has 0 aliphatic rings. The molecule has 0 amide bonds. The van der Waals surface area contributed by atoms with E-state index in [0.29, 0.717) is 0 Å². The quantitative estimate of drug-likeness (QED) is 0.668. The summed E-state index contributed by atoms with van der Waals surface area (Å²) in [7, 11) is 0. The average molecular weight is 222 g/mol. The van der Waals surface area contributed by atoms with Crippen molar-refractivity contribution in [3.63, 3.8) is 0 Å². The molecular weight excluding hydrogens is 212 g/mol. The summed E-state index contributed by atoms with van der Waals surface area (Å²) in [5.74, 6) is 0.717. The van der Waals surface area contributed by atoms with E-state index in [1.165, 1.54) is 0 Å². The summed E-state index contributed by atoms with van der Waals surface area (Å²) >= 11 is 0. The summed E-state index contributed by atoms with van der Waals surface area (Å²) in [5.41, 5.74) is 2.02. The van der Waals surface area contributed by atoms with Gasteiger partial charge in [0.15, 0.2) is 5.82 Å². The Kier molecular flexibility index (Phi) is 2.38. The van der Waals surface area contributed by atoms with E-state index in [1.807, 2.05) is 54.7 Å². The first-order valence-electron chi connectivity index (χ1n) is 5.33.